The Kier molecular flexibility index (Phi) is 3.86. The highest BCUT2D eigenvalue weighted by Gasteiger charge is 2.29. The first-order valence-electron chi connectivity index (χ1n) is 7.77. The molecule has 0 saturated carbocycles. The van der Waals surface area contributed by atoms with Crippen molar-refractivity contribution in [3.8, 4) is 18.0 Å². The molecule has 0 bridgehead atoms. The molecule has 0 fully saturated rings. The standard InChI is InChI=1S/C17H15ClFN3OS/c1-2-7-21-10-24(23)16-8-12(19)14(9-15(16)21)22-17(18)11-5-3-4-6-13(11)20-22/h1,8-9H,3-7,10H2. The number of nitrogens with zero attached hydrogens (tertiary/aromatic N) is 3. The van der Waals surface area contributed by atoms with Gasteiger partial charge in [-0.25, -0.2) is 9.07 Å². The molecule has 4 rings (SSSR count). The molecule has 0 amide bonds. The topological polar surface area (TPSA) is 38.1 Å². The van der Waals surface area contributed by atoms with Crippen LogP contribution in [0.15, 0.2) is 17.0 Å². The third-order valence-electron chi connectivity index (χ3n) is 4.49. The normalized spacial score (nSPS) is 19.0. The second-order valence-corrected chi connectivity index (χ2v) is 7.73. The van der Waals surface area contributed by atoms with E-state index in [1.165, 1.54) is 10.7 Å². The molecule has 7 heteroatoms. The van der Waals surface area contributed by atoms with Gasteiger partial charge in [-0.05, 0) is 37.8 Å². The molecular weight excluding hydrogens is 349 g/mol. The van der Waals surface area contributed by atoms with Crippen LogP contribution < -0.4 is 4.90 Å². The fourth-order valence-corrected chi connectivity index (χ4v) is 4.96. The quantitative estimate of drug-likeness (QED) is 0.770. The van der Waals surface area contributed by atoms with Crippen LogP contribution in [0, 0.1) is 18.2 Å². The van der Waals surface area contributed by atoms with Gasteiger partial charge in [0, 0.05) is 5.56 Å². The highest BCUT2D eigenvalue weighted by atomic mass is 35.5. The van der Waals surface area contributed by atoms with Gasteiger partial charge >= 0.3 is 0 Å². The Balaban J connectivity index is 1.86. The van der Waals surface area contributed by atoms with Gasteiger partial charge in [0.15, 0.2) is 0 Å². The molecule has 0 radical (unpaired) electrons. The van der Waals surface area contributed by atoms with E-state index in [9.17, 15) is 8.60 Å². The van der Waals surface area contributed by atoms with E-state index in [0.717, 1.165) is 36.9 Å². The lowest BCUT2D eigenvalue weighted by molar-refractivity contribution is 0.604. The van der Waals surface area contributed by atoms with E-state index in [2.05, 4.69) is 11.0 Å². The molecule has 124 valence electrons. The molecule has 1 aromatic heterocycles. The lowest BCUT2D eigenvalue weighted by Gasteiger charge is -2.15. The Morgan fingerprint density at radius 3 is 2.88 bits per heavy atom. The molecule has 1 atom stereocenters. The van der Waals surface area contributed by atoms with Gasteiger partial charge in [0.25, 0.3) is 0 Å². The minimum atomic E-state index is -1.27. The number of aromatic nitrogens is 2. The Hall–Kier alpha value is -1.84. The van der Waals surface area contributed by atoms with Crippen molar-refractivity contribution in [2.24, 2.45) is 0 Å². The molecule has 0 N–H and O–H groups in total. The highest BCUT2D eigenvalue weighted by Crippen LogP contribution is 2.37. The zero-order valence-electron chi connectivity index (χ0n) is 12.9. The van der Waals surface area contributed by atoms with Gasteiger partial charge < -0.3 is 4.90 Å². The Labute approximate surface area is 147 Å². The van der Waals surface area contributed by atoms with Crippen LogP contribution in [0.2, 0.25) is 5.15 Å². The van der Waals surface area contributed by atoms with Gasteiger partial charge in [0.1, 0.15) is 16.7 Å². The lowest BCUT2D eigenvalue weighted by Crippen LogP contribution is -2.21. The summed E-state index contributed by atoms with van der Waals surface area (Å²) in [5.41, 5.74) is 2.91. The predicted molar refractivity (Wildman–Crippen MR) is 92.6 cm³/mol. The SMILES string of the molecule is C#CCN1CS(=O)c2cc(F)c(-n3nc4c(c3Cl)CCCC4)cc21. The van der Waals surface area contributed by atoms with E-state index in [1.807, 2.05) is 4.90 Å². The summed E-state index contributed by atoms with van der Waals surface area (Å²) >= 11 is 6.45. The zero-order chi connectivity index (χ0) is 16.8. The number of hydrogen-bond acceptors (Lipinski definition) is 3. The van der Waals surface area contributed by atoms with E-state index in [0.29, 0.717) is 22.3 Å². The average molecular weight is 364 g/mol. The van der Waals surface area contributed by atoms with Crippen molar-refractivity contribution in [2.75, 3.05) is 17.3 Å². The number of aryl methyl sites for hydroxylation is 1. The van der Waals surface area contributed by atoms with E-state index in [1.54, 1.807) is 6.07 Å². The molecule has 0 saturated heterocycles. The summed E-state index contributed by atoms with van der Waals surface area (Å²) in [6.07, 6.45) is 9.25. The monoisotopic (exact) mass is 363 g/mol. The van der Waals surface area contributed by atoms with Gasteiger partial charge in [-0.1, -0.05) is 17.5 Å². The maximum Gasteiger partial charge on any atom is 0.150 e. The number of fused-ring (bicyclic) bond motifs is 2. The summed E-state index contributed by atoms with van der Waals surface area (Å²) in [5, 5.41) is 4.97. The number of hydrogen-bond donors (Lipinski definition) is 0. The Bertz CT molecular complexity index is 902. The van der Waals surface area contributed by atoms with Crippen molar-refractivity contribution in [2.45, 2.75) is 30.6 Å². The fourth-order valence-electron chi connectivity index (χ4n) is 3.32. The predicted octanol–water partition coefficient (Wildman–Crippen LogP) is 3.06. The van der Waals surface area contributed by atoms with Crippen molar-refractivity contribution in [3.63, 3.8) is 0 Å². The highest BCUT2D eigenvalue weighted by molar-refractivity contribution is 7.85. The van der Waals surface area contributed by atoms with Crippen LogP contribution in [0.4, 0.5) is 10.1 Å². The van der Waals surface area contributed by atoms with Crippen molar-refractivity contribution in [3.05, 3.63) is 34.4 Å². The minimum Gasteiger partial charge on any atom is -0.347 e. The zero-order valence-corrected chi connectivity index (χ0v) is 14.5. The molecule has 0 spiro atoms. The number of terminal acetylenes is 1. The summed E-state index contributed by atoms with van der Waals surface area (Å²) in [5.74, 6) is 2.35. The smallest absolute Gasteiger partial charge is 0.150 e. The van der Waals surface area contributed by atoms with Gasteiger partial charge in [-0.3, -0.25) is 4.21 Å². The van der Waals surface area contributed by atoms with Gasteiger partial charge in [0.2, 0.25) is 0 Å². The van der Waals surface area contributed by atoms with E-state index >= 15 is 0 Å². The number of rotatable bonds is 2. The summed E-state index contributed by atoms with van der Waals surface area (Å²) in [4.78, 5) is 2.28. The molecule has 2 aliphatic rings. The Morgan fingerprint density at radius 1 is 1.33 bits per heavy atom. The van der Waals surface area contributed by atoms with Crippen molar-refractivity contribution in [1.82, 2.24) is 9.78 Å². The summed E-state index contributed by atoms with van der Waals surface area (Å²) in [6, 6.07) is 2.96. The third-order valence-corrected chi connectivity index (χ3v) is 6.24. The maximum absolute atomic E-state index is 14.6. The Morgan fingerprint density at radius 2 is 2.12 bits per heavy atom. The van der Waals surface area contributed by atoms with Crippen LogP contribution in [0.5, 0.6) is 0 Å². The molecule has 1 unspecified atom stereocenters. The summed E-state index contributed by atoms with van der Waals surface area (Å²) < 4.78 is 28.3. The second kappa shape index (κ2) is 5.91. The van der Waals surface area contributed by atoms with Crippen molar-refractivity contribution >= 4 is 28.1 Å². The first-order valence-corrected chi connectivity index (χ1v) is 9.47. The number of anilines is 1. The number of benzene rings is 1. The van der Waals surface area contributed by atoms with Crippen molar-refractivity contribution in [1.29, 1.82) is 0 Å². The van der Waals surface area contributed by atoms with Crippen LogP contribution in [0.3, 0.4) is 0 Å². The van der Waals surface area contributed by atoms with Crippen LogP contribution in [-0.4, -0.2) is 26.4 Å². The lowest BCUT2D eigenvalue weighted by atomic mass is 9.99. The summed E-state index contributed by atoms with van der Waals surface area (Å²) in [7, 11) is -1.27. The fraction of sp³-hybridized carbons (Fsp3) is 0.353. The average Bonchev–Trinajstić information content (AvgIpc) is 3.06. The first-order chi connectivity index (χ1) is 11.6. The summed E-state index contributed by atoms with van der Waals surface area (Å²) in [6.45, 7) is 0.327. The maximum atomic E-state index is 14.6. The van der Waals surface area contributed by atoms with Crippen LogP contribution >= 0.6 is 11.6 Å². The van der Waals surface area contributed by atoms with Crippen LogP contribution in [0.1, 0.15) is 24.1 Å². The van der Waals surface area contributed by atoms with E-state index in [4.69, 9.17) is 18.0 Å². The van der Waals surface area contributed by atoms with Crippen molar-refractivity contribution < 1.29 is 8.60 Å². The van der Waals surface area contributed by atoms with E-state index < -0.39 is 16.6 Å². The largest absolute Gasteiger partial charge is 0.347 e. The van der Waals surface area contributed by atoms with Crippen LogP contribution in [0.25, 0.3) is 5.69 Å². The van der Waals surface area contributed by atoms with Gasteiger partial charge in [-0.15, -0.1) is 6.42 Å². The minimum absolute atomic E-state index is 0.272. The second-order valence-electron chi connectivity index (χ2n) is 5.98. The molecule has 2 aromatic rings. The molecule has 1 aliphatic heterocycles. The third kappa shape index (κ3) is 2.35. The van der Waals surface area contributed by atoms with Crippen LogP contribution in [-0.2, 0) is 23.6 Å². The van der Waals surface area contributed by atoms with Gasteiger partial charge in [0.05, 0.1) is 39.5 Å². The van der Waals surface area contributed by atoms with E-state index in [-0.39, 0.29) is 11.6 Å². The molecule has 4 nitrogen and oxygen atoms in total. The molecule has 2 heterocycles. The molecule has 1 aromatic carbocycles. The molecule has 24 heavy (non-hydrogen) atoms. The molecular formula is C17H15ClFN3OS. The first kappa shape index (κ1) is 15.7. The molecule has 1 aliphatic carbocycles. The van der Waals surface area contributed by atoms with Gasteiger partial charge in [-0.2, -0.15) is 5.10 Å². The number of halogens is 2.